The van der Waals surface area contributed by atoms with E-state index in [0.29, 0.717) is 0 Å². The molecule has 180 valence electrons. The first-order valence-corrected chi connectivity index (χ1v) is 11.7. The topological polar surface area (TPSA) is 105 Å². The molecule has 2 aromatic rings. The molecule has 2 aliphatic carbocycles. The molecule has 34 heavy (non-hydrogen) atoms. The molecule has 0 aromatic heterocycles. The number of nitrogens with one attached hydrogen (secondary N) is 1. The lowest BCUT2D eigenvalue weighted by Gasteiger charge is -2.32. The number of carbonyl (C=O) groups is 3. The van der Waals surface area contributed by atoms with Gasteiger partial charge in [0, 0.05) is 25.4 Å². The first-order chi connectivity index (χ1) is 16.4. The maximum atomic E-state index is 12.7. The van der Waals surface area contributed by atoms with E-state index < -0.39 is 18.7 Å². The Morgan fingerprint density at radius 1 is 1.00 bits per heavy atom. The second-order valence-corrected chi connectivity index (χ2v) is 8.88. The van der Waals surface area contributed by atoms with Gasteiger partial charge in [0.15, 0.2) is 6.61 Å². The van der Waals surface area contributed by atoms with Crippen LogP contribution < -0.4 is 5.32 Å². The highest BCUT2D eigenvalue weighted by Crippen LogP contribution is 2.44. The van der Waals surface area contributed by atoms with Crippen LogP contribution in [0.25, 0.3) is 11.1 Å². The lowest BCUT2D eigenvalue weighted by Crippen LogP contribution is -2.44. The average Bonchev–Trinajstić information content (AvgIpc) is 3.16. The molecule has 0 spiro atoms. The van der Waals surface area contributed by atoms with Crippen molar-refractivity contribution in [3.05, 3.63) is 59.7 Å². The van der Waals surface area contributed by atoms with Crippen LogP contribution in [0.2, 0.25) is 0 Å². The number of hydrogen-bond donors (Lipinski definition) is 2. The Labute approximate surface area is 198 Å². The van der Waals surface area contributed by atoms with Gasteiger partial charge in [-0.3, -0.25) is 9.63 Å². The fraction of sp³-hybridized carbons (Fsp3) is 0.423. The van der Waals surface area contributed by atoms with Gasteiger partial charge in [0.2, 0.25) is 5.91 Å². The highest BCUT2D eigenvalue weighted by molar-refractivity contribution is 5.79. The standard InChI is InChI=1S/C26H30N2O6/c1-28(34-16-25(30)31)24(29)14-17-8-2-7-13-23(17)27-26(32)33-15-22-20-11-5-3-9-18(20)19-10-4-6-12-21(19)22/h3-6,9-12,17,22-23H,2,7-8,13-16H2,1H3,(H,27,32)(H,30,31). The van der Waals surface area contributed by atoms with Gasteiger partial charge >= 0.3 is 12.1 Å². The molecule has 0 heterocycles. The van der Waals surface area contributed by atoms with E-state index in [1.165, 1.54) is 18.2 Å². The largest absolute Gasteiger partial charge is 0.479 e. The molecule has 2 aromatic carbocycles. The summed E-state index contributed by atoms with van der Waals surface area (Å²) in [5, 5.41) is 12.7. The molecule has 4 rings (SSSR count). The van der Waals surface area contributed by atoms with Gasteiger partial charge in [0.05, 0.1) is 0 Å². The first-order valence-electron chi connectivity index (χ1n) is 11.7. The summed E-state index contributed by atoms with van der Waals surface area (Å²) in [4.78, 5) is 40.8. The minimum absolute atomic E-state index is 0.0121. The van der Waals surface area contributed by atoms with Gasteiger partial charge in [0.1, 0.15) is 6.61 Å². The second kappa shape index (κ2) is 10.7. The van der Waals surface area contributed by atoms with Crippen molar-refractivity contribution < 1.29 is 29.1 Å². The molecule has 8 nitrogen and oxygen atoms in total. The van der Waals surface area contributed by atoms with Crippen molar-refractivity contribution in [2.24, 2.45) is 5.92 Å². The van der Waals surface area contributed by atoms with Crippen LogP contribution in [0.1, 0.15) is 49.1 Å². The Bertz CT molecular complexity index is 1010. The van der Waals surface area contributed by atoms with Gasteiger partial charge in [-0.05, 0) is 41.0 Å². The van der Waals surface area contributed by atoms with Crippen molar-refractivity contribution in [3.63, 3.8) is 0 Å². The number of hydroxylamine groups is 2. The molecule has 0 saturated heterocycles. The average molecular weight is 467 g/mol. The molecule has 2 amide bonds. The number of hydrogen-bond acceptors (Lipinski definition) is 5. The molecule has 0 aliphatic heterocycles. The van der Waals surface area contributed by atoms with Crippen molar-refractivity contribution in [1.82, 2.24) is 10.4 Å². The molecule has 1 saturated carbocycles. The van der Waals surface area contributed by atoms with Gasteiger partial charge in [-0.25, -0.2) is 14.7 Å². The predicted molar refractivity (Wildman–Crippen MR) is 125 cm³/mol. The van der Waals surface area contributed by atoms with Crippen LogP contribution in [0, 0.1) is 5.92 Å². The molecule has 2 N–H and O–H groups in total. The van der Waals surface area contributed by atoms with Crippen LogP contribution in [0.3, 0.4) is 0 Å². The van der Waals surface area contributed by atoms with Crippen molar-refractivity contribution >= 4 is 18.0 Å². The lowest BCUT2D eigenvalue weighted by molar-refractivity contribution is -0.186. The zero-order valence-electron chi connectivity index (χ0n) is 19.2. The molecule has 0 bridgehead atoms. The number of carboxylic acid groups (broad SMARTS) is 1. The van der Waals surface area contributed by atoms with Gasteiger partial charge < -0.3 is 15.2 Å². The van der Waals surface area contributed by atoms with E-state index in [1.807, 2.05) is 24.3 Å². The Morgan fingerprint density at radius 3 is 2.26 bits per heavy atom. The predicted octanol–water partition coefficient (Wildman–Crippen LogP) is 3.95. The van der Waals surface area contributed by atoms with E-state index in [9.17, 15) is 14.4 Å². The Hall–Kier alpha value is -3.39. The third-order valence-corrected chi connectivity index (χ3v) is 6.73. The Kier molecular flexibility index (Phi) is 7.47. The Balaban J connectivity index is 1.34. The number of amides is 2. The summed E-state index contributed by atoms with van der Waals surface area (Å²) in [5.41, 5.74) is 4.66. The number of nitrogens with zero attached hydrogens (tertiary/aromatic N) is 1. The summed E-state index contributed by atoms with van der Waals surface area (Å²) in [5.74, 6) is -1.53. The van der Waals surface area contributed by atoms with E-state index in [-0.39, 0.29) is 36.8 Å². The maximum Gasteiger partial charge on any atom is 0.407 e. The zero-order chi connectivity index (χ0) is 24.1. The van der Waals surface area contributed by atoms with E-state index >= 15 is 0 Å². The van der Waals surface area contributed by atoms with Crippen molar-refractivity contribution in [1.29, 1.82) is 0 Å². The monoisotopic (exact) mass is 466 g/mol. The number of rotatable bonds is 8. The van der Waals surface area contributed by atoms with Crippen LogP contribution in [0.15, 0.2) is 48.5 Å². The maximum absolute atomic E-state index is 12.7. The molecule has 0 radical (unpaired) electrons. The minimum atomic E-state index is -1.15. The summed E-state index contributed by atoms with van der Waals surface area (Å²) in [6.07, 6.45) is 3.19. The summed E-state index contributed by atoms with van der Waals surface area (Å²) in [6.45, 7) is -0.337. The quantitative estimate of drug-likeness (QED) is 0.571. The van der Waals surface area contributed by atoms with Gasteiger partial charge in [-0.15, -0.1) is 0 Å². The number of alkyl carbamates (subject to hydrolysis) is 1. The highest BCUT2D eigenvalue weighted by Gasteiger charge is 2.32. The fourth-order valence-corrected chi connectivity index (χ4v) is 5.01. The number of fused-ring (bicyclic) bond motifs is 3. The molecule has 2 atom stereocenters. The van der Waals surface area contributed by atoms with E-state index in [1.54, 1.807) is 0 Å². The summed E-state index contributed by atoms with van der Waals surface area (Å²) in [6, 6.07) is 16.2. The van der Waals surface area contributed by atoms with Gasteiger partial charge in [-0.2, -0.15) is 0 Å². The summed E-state index contributed by atoms with van der Waals surface area (Å²) < 4.78 is 5.67. The highest BCUT2D eigenvalue weighted by atomic mass is 16.7. The van der Waals surface area contributed by atoms with E-state index in [2.05, 4.69) is 29.6 Å². The van der Waals surface area contributed by atoms with Crippen molar-refractivity contribution in [2.75, 3.05) is 20.3 Å². The normalized spacial score (nSPS) is 19.1. The number of aliphatic carboxylic acids is 1. The SMILES string of the molecule is CN(OCC(=O)O)C(=O)CC1CCCCC1NC(=O)OCC1c2ccccc2-c2ccccc21. The third kappa shape index (κ3) is 5.39. The lowest BCUT2D eigenvalue weighted by atomic mass is 9.82. The van der Waals surface area contributed by atoms with Crippen LogP contribution in [-0.4, -0.2) is 54.4 Å². The van der Waals surface area contributed by atoms with Crippen LogP contribution >= 0.6 is 0 Å². The van der Waals surface area contributed by atoms with Crippen molar-refractivity contribution in [2.45, 2.75) is 44.1 Å². The molecule has 1 fully saturated rings. The number of benzene rings is 2. The van der Waals surface area contributed by atoms with Crippen LogP contribution in [0.4, 0.5) is 4.79 Å². The summed E-state index contributed by atoms with van der Waals surface area (Å²) in [7, 11) is 1.40. The first kappa shape index (κ1) is 23.8. The third-order valence-electron chi connectivity index (χ3n) is 6.73. The van der Waals surface area contributed by atoms with E-state index in [4.69, 9.17) is 14.7 Å². The van der Waals surface area contributed by atoms with Crippen LogP contribution in [0.5, 0.6) is 0 Å². The molecule has 2 aliphatic rings. The fourth-order valence-electron chi connectivity index (χ4n) is 5.01. The second-order valence-electron chi connectivity index (χ2n) is 8.88. The molecular weight excluding hydrogens is 436 g/mol. The number of ether oxygens (including phenoxy) is 1. The van der Waals surface area contributed by atoms with Crippen molar-refractivity contribution in [3.8, 4) is 11.1 Å². The Morgan fingerprint density at radius 2 is 1.62 bits per heavy atom. The van der Waals surface area contributed by atoms with E-state index in [0.717, 1.165) is 41.9 Å². The summed E-state index contributed by atoms with van der Waals surface area (Å²) >= 11 is 0. The van der Waals surface area contributed by atoms with Crippen LogP contribution in [-0.2, 0) is 19.2 Å². The smallest absolute Gasteiger partial charge is 0.407 e. The van der Waals surface area contributed by atoms with Gasteiger partial charge in [-0.1, -0.05) is 61.4 Å². The molecule has 2 unspecified atom stereocenters. The number of carboxylic acids is 1. The molecular formula is C26H30N2O6. The molecule has 8 heteroatoms. The zero-order valence-corrected chi connectivity index (χ0v) is 19.2. The number of carbonyl (C=O) groups excluding carboxylic acids is 2. The minimum Gasteiger partial charge on any atom is -0.479 e. The van der Waals surface area contributed by atoms with Gasteiger partial charge in [0.25, 0.3) is 0 Å².